The summed E-state index contributed by atoms with van der Waals surface area (Å²) in [5.41, 5.74) is 2.17. The normalized spacial score (nSPS) is 10.4. The molecule has 2 aromatic carbocycles. The minimum absolute atomic E-state index is 0.229. The maximum absolute atomic E-state index is 12.0. The van der Waals surface area contributed by atoms with E-state index in [0.717, 1.165) is 15.7 Å². The zero-order chi connectivity index (χ0) is 15.4. The van der Waals surface area contributed by atoms with E-state index in [1.165, 1.54) is 11.0 Å². The zero-order valence-corrected chi connectivity index (χ0v) is 13.0. The number of nitrogens with zero attached hydrogens (tertiary/aromatic N) is 4. The van der Waals surface area contributed by atoms with Crippen LogP contribution in [0.4, 0.5) is 0 Å². The molecule has 0 saturated heterocycles. The second kappa shape index (κ2) is 6.48. The van der Waals surface area contributed by atoms with Gasteiger partial charge in [-0.2, -0.15) is 0 Å². The summed E-state index contributed by atoms with van der Waals surface area (Å²) in [6, 6.07) is 14.5. The van der Waals surface area contributed by atoms with E-state index in [4.69, 9.17) is 4.74 Å². The Morgan fingerprint density at radius 1 is 1.18 bits per heavy atom. The van der Waals surface area contributed by atoms with Crippen molar-refractivity contribution in [3.63, 3.8) is 0 Å². The van der Waals surface area contributed by atoms with Crippen LogP contribution in [0.3, 0.4) is 0 Å². The van der Waals surface area contributed by atoms with E-state index in [1.54, 1.807) is 24.3 Å². The first-order chi connectivity index (χ1) is 10.7. The number of hydrogen-bond donors (Lipinski definition) is 0. The van der Waals surface area contributed by atoms with Gasteiger partial charge in [0.25, 0.3) is 0 Å². The Bertz CT molecular complexity index is 773. The first kappa shape index (κ1) is 14.4. The molecular formula is C15H11BrN4O2. The van der Waals surface area contributed by atoms with Crippen LogP contribution in [0.5, 0.6) is 0 Å². The van der Waals surface area contributed by atoms with E-state index >= 15 is 0 Å². The SMILES string of the molecule is O=C(OCc1cccc(Br)c1)c1ccc(-n2cnnn2)cc1. The molecule has 1 heterocycles. The fourth-order valence-corrected chi connectivity index (χ4v) is 2.34. The predicted octanol–water partition coefficient (Wildman–Crippen LogP) is 2.78. The van der Waals surface area contributed by atoms with Crippen molar-refractivity contribution in [1.29, 1.82) is 0 Å². The Labute approximate surface area is 134 Å². The van der Waals surface area contributed by atoms with E-state index in [9.17, 15) is 4.79 Å². The van der Waals surface area contributed by atoms with Gasteiger partial charge in [0.1, 0.15) is 12.9 Å². The van der Waals surface area contributed by atoms with Gasteiger partial charge in [-0.1, -0.05) is 28.1 Å². The number of tetrazole rings is 1. The average molecular weight is 359 g/mol. The van der Waals surface area contributed by atoms with E-state index in [-0.39, 0.29) is 12.6 Å². The van der Waals surface area contributed by atoms with Gasteiger partial charge in [0.15, 0.2) is 0 Å². The van der Waals surface area contributed by atoms with Crippen molar-refractivity contribution in [3.8, 4) is 5.69 Å². The summed E-state index contributed by atoms with van der Waals surface area (Å²) < 4.78 is 7.75. The topological polar surface area (TPSA) is 69.9 Å². The molecule has 0 radical (unpaired) electrons. The van der Waals surface area contributed by atoms with E-state index in [2.05, 4.69) is 31.5 Å². The number of carbonyl (C=O) groups excluding carboxylic acids is 1. The second-order valence-corrected chi connectivity index (χ2v) is 5.42. The largest absolute Gasteiger partial charge is 0.457 e. The standard InChI is InChI=1S/C15H11BrN4O2/c16-13-3-1-2-11(8-13)9-22-15(21)12-4-6-14(7-5-12)20-10-17-18-19-20/h1-8,10H,9H2. The Kier molecular flexibility index (Phi) is 4.24. The van der Waals surface area contributed by atoms with Crippen LogP contribution >= 0.6 is 15.9 Å². The minimum atomic E-state index is -0.372. The van der Waals surface area contributed by atoms with Crippen LogP contribution in [0.15, 0.2) is 59.3 Å². The van der Waals surface area contributed by atoms with Crippen molar-refractivity contribution in [1.82, 2.24) is 20.2 Å². The Morgan fingerprint density at radius 3 is 2.68 bits per heavy atom. The number of benzene rings is 2. The number of aromatic nitrogens is 4. The first-order valence-corrected chi connectivity index (χ1v) is 7.27. The molecule has 22 heavy (non-hydrogen) atoms. The fraction of sp³-hybridized carbons (Fsp3) is 0.0667. The lowest BCUT2D eigenvalue weighted by Gasteiger charge is -2.06. The number of hydrogen-bond acceptors (Lipinski definition) is 5. The van der Waals surface area contributed by atoms with Gasteiger partial charge in [-0.3, -0.25) is 0 Å². The molecule has 0 aliphatic heterocycles. The quantitative estimate of drug-likeness (QED) is 0.670. The molecule has 0 spiro atoms. The van der Waals surface area contributed by atoms with Gasteiger partial charge in [-0.05, 0) is 52.4 Å². The van der Waals surface area contributed by atoms with Gasteiger partial charge in [-0.15, -0.1) is 5.10 Å². The summed E-state index contributed by atoms with van der Waals surface area (Å²) in [6.07, 6.45) is 1.49. The molecule has 6 nitrogen and oxygen atoms in total. The molecule has 0 aliphatic carbocycles. The van der Waals surface area contributed by atoms with Gasteiger partial charge in [0.05, 0.1) is 11.3 Å². The molecule has 0 saturated carbocycles. The summed E-state index contributed by atoms with van der Waals surface area (Å²) in [7, 11) is 0. The van der Waals surface area contributed by atoms with Gasteiger partial charge in [0.2, 0.25) is 0 Å². The third kappa shape index (κ3) is 3.37. The fourth-order valence-electron chi connectivity index (χ4n) is 1.89. The van der Waals surface area contributed by atoms with E-state index in [0.29, 0.717) is 5.56 Å². The van der Waals surface area contributed by atoms with Crippen LogP contribution < -0.4 is 0 Å². The number of esters is 1. The second-order valence-electron chi connectivity index (χ2n) is 4.51. The Morgan fingerprint density at radius 2 is 2.00 bits per heavy atom. The molecule has 110 valence electrons. The molecule has 3 aromatic rings. The molecule has 3 rings (SSSR count). The summed E-state index contributed by atoms with van der Waals surface area (Å²) in [4.78, 5) is 12.0. The third-order valence-electron chi connectivity index (χ3n) is 2.98. The monoisotopic (exact) mass is 358 g/mol. The highest BCUT2D eigenvalue weighted by Gasteiger charge is 2.08. The van der Waals surface area contributed by atoms with Gasteiger partial charge >= 0.3 is 5.97 Å². The number of halogens is 1. The highest BCUT2D eigenvalue weighted by atomic mass is 79.9. The number of carbonyl (C=O) groups is 1. The molecule has 0 aliphatic rings. The molecule has 1 aromatic heterocycles. The highest BCUT2D eigenvalue weighted by molar-refractivity contribution is 9.10. The molecule has 0 bridgehead atoms. The number of rotatable bonds is 4. The Balaban J connectivity index is 1.65. The lowest BCUT2D eigenvalue weighted by atomic mass is 10.2. The summed E-state index contributed by atoms with van der Waals surface area (Å²) >= 11 is 3.38. The van der Waals surface area contributed by atoms with Gasteiger partial charge < -0.3 is 4.74 Å². The van der Waals surface area contributed by atoms with Crippen LogP contribution in [-0.4, -0.2) is 26.2 Å². The molecule has 7 heteroatoms. The average Bonchev–Trinajstić information content (AvgIpc) is 3.07. The van der Waals surface area contributed by atoms with Crippen molar-refractivity contribution in [2.45, 2.75) is 6.61 Å². The third-order valence-corrected chi connectivity index (χ3v) is 3.47. The highest BCUT2D eigenvalue weighted by Crippen LogP contribution is 2.14. The van der Waals surface area contributed by atoms with Crippen molar-refractivity contribution >= 4 is 21.9 Å². The zero-order valence-electron chi connectivity index (χ0n) is 11.4. The van der Waals surface area contributed by atoms with Crippen molar-refractivity contribution < 1.29 is 9.53 Å². The maximum Gasteiger partial charge on any atom is 0.338 e. The summed E-state index contributed by atoms with van der Waals surface area (Å²) in [6.45, 7) is 0.229. The van der Waals surface area contributed by atoms with Crippen LogP contribution in [0.1, 0.15) is 15.9 Å². The number of ether oxygens (including phenoxy) is 1. The van der Waals surface area contributed by atoms with Crippen molar-refractivity contribution in [3.05, 3.63) is 70.5 Å². The minimum Gasteiger partial charge on any atom is -0.457 e. The lowest BCUT2D eigenvalue weighted by Crippen LogP contribution is -2.05. The van der Waals surface area contributed by atoms with E-state index in [1.807, 2.05) is 24.3 Å². The summed E-state index contributed by atoms with van der Waals surface area (Å²) in [5, 5.41) is 10.9. The maximum atomic E-state index is 12.0. The van der Waals surface area contributed by atoms with Crippen molar-refractivity contribution in [2.24, 2.45) is 0 Å². The lowest BCUT2D eigenvalue weighted by molar-refractivity contribution is 0.0472. The molecule has 0 atom stereocenters. The van der Waals surface area contributed by atoms with Crippen LogP contribution in [-0.2, 0) is 11.3 Å². The molecule has 0 N–H and O–H groups in total. The Hall–Kier alpha value is -2.54. The van der Waals surface area contributed by atoms with Crippen LogP contribution in [0.2, 0.25) is 0 Å². The van der Waals surface area contributed by atoms with Crippen LogP contribution in [0, 0.1) is 0 Å². The molecule has 0 amide bonds. The molecule has 0 unspecified atom stereocenters. The van der Waals surface area contributed by atoms with Crippen LogP contribution in [0.25, 0.3) is 5.69 Å². The molecule has 0 fully saturated rings. The van der Waals surface area contributed by atoms with Gasteiger partial charge in [-0.25, -0.2) is 9.48 Å². The predicted molar refractivity (Wildman–Crippen MR) is 82.4 cm³/mol. The first-order valence-electron chi connectivity index (χ1n) is 6.47. The van der Waals surface area contributed by atoms with E-state index < -0.39 is 0 Å². The summed E-state index contributed by atoms with van der Waals surface area (Å²) in [5.74, 6) is -0.372. The van der Waals surface area contributed by atoms with Gasteiger partial charge in [0, 0.05) is 4.47 Å². The smallest absolute Gasteiger partial charge is 0.338 e. The van der Waals surface area contributed by atoms with Crippen molar-refractivity contribution in [2.75, 3.05) is 0 Å². The molecular weight excluding hydrogens is 348 g/mol.